The number of ketones is 1. The zero-order valence-electron chi connectivity index (χ0n) is 11.9. The fraction of sp³-hybridized carbons (Fsp3) is 0.714. The molecule has 2 N–H and O–H groups in total. The molecular weight excluding hydrogens is 226 g/mol. The lowest BCUT2D eigenvalue weighted by Crippen LogP contribution is -2.29. The summed E-state index contributed by atoms with van der Waals surface area (Å²) in [6.07, 6.45) is 5.33. The molecule has 0 bridgehead atoms. The largest absolute Gasteiger partial charge is 0.335 e. The number of aryl methyl sites for hydroxylation is 1. The molecule has 4 nitrogen and oxygen atoms in total. The van der Waals surface area contributed by atoms with E-state index in [1.54, 1.807) is 6.20 Å². The van der Waals surface area contributed by atoms with E-state index in [0.717, 1.165) is 18.8 Å². The third kappa shape index (κ3) is 5.00. The first-order valence-corrected chi connectivity index (χ1v) is 6.59. The average molecular weight is 251 g/mol. The van der Waals surface area contributed by atoms with Gasteiger partial charge < -0.3 is 10.3 Å². The Kier molecular flexibility index (Phi) is 5.08. The van der Waals surface area contributed by atoms with E-state index in [1.165, 1.54) is 0 Å². The number of imidazole rings is 1. The van der Waals surface area contributed by atoms with Gasteiger partial charge in [-0.15, -0.1) is 0 Å². The van der Waals surface area contributed by atoms with Crippen molar-refractivity contribution >= 4 is 5.78 Å². The van der Waals surface area contributed by atoms with Gasteiger partial charge in [-0.2, -0.15) is 0 Å². The van der Waals surface area contributed by atoms with Gasteiger partial charge in [-0.05, 0) is 18.8 Å². The number of aromatic nitrogens is 2. The normalized spacial score (nSPS) is 13.6. The van der Waals surface area contributed by atoms with Gasteiger partial charge in [-0.1, -0.05) is 20.8 Å². The third-order valence-electron chi connectivity index (χ3n) is 2.86. The van der Waals surface area contributed by atoms with E-state index < -0.39 is 0 Å². The van der Waals surface area contributed by atoms with E-state index in [1.807, 2.05) is 17.7 Å². The van der Waals surface area contributed by atoms with Gasteiger partial charge in [-0.25, -0.2) is 4.98 Å². The summed E-state index contributed by atoms with van der Waals surface area (Å²) in [6.45, 7) is 9.31. The van der Waals surface area contributed by atoms with Gasteiger partial charge in [0.15, 0.2) is 0 Å². The first-order valence-electron chi connectivity index (χ1n) is 6.59. The van der Waals surface area contributed by atoms with E-state index in [9.17, 15) is 4.79 Å². The highest BCUT2D eigenvalue weighted by Gasteiger charge is 2.19. The molecule has 1 rings (SSSR count). The minimum Gasteiger partial charge on any atom is -0.335 e. The van der Waals surface area contributed by atoms with E-state index >= 15 is 0 Å². The third-order valence-corrected chi connectivity index (χ3v) is 2.86. The van der Waals surface area contributed by atoms with Crippen molar-refractivity contribution in [1.82, 2.24) is 9.55 Å². The molecule has 0 spiro atoms. The molecule has 0 radical (unpaired) electrons. The van der Waals surface area contributed by atoms with Crippen LogP contribution >= 0.6 is 0 Å². The first kappa shape index (κ1) is 14.9. The van der Waals surface area contributed by atoms with E-state index in [4.69, 9.17) is 5.73 Å². The van der Waals surface area contributed by atoms with Crippen LogP contribution in [0.4, 0.5) is 0 Å². The van der Waals surface area contributed by atoms with Gasteiger partial charge in [0.05, 0.1) is 6.42 Å². The number of Topliss-reactive ketones (excluding diaryl/α,β-unsaturated/α-hetero) is 1. The molecule has 0 aliphatic carbocycles. The summed E-state index contributed by atoms with van der Waals surface area (Å²) in [4.78, 5) is 16.2. The highest BCUT2D eigenvalue weighted by atomic mass is 16.1. The standard InChI is InChI=1S/C14H25N3O/c1-5-17-7-6-16-13(17)9-12(18)8-11(15)10-14(2,3)4/h6-7,11H,5,8-10,15H2,1-4H3. The summed E-state index contributed by atoms with van der Waals surface area (Å²) >= 11 is 0. The van der Waals surface area contributed by atoms with Gasteiger partial charge in [-0.3, -0.25) is 4.79 Å². The number of carbonyl (C=O) groups excluding carboxylic acids is 1. The van der Waals surface area contributed by atoms with Crippen molar-refractivity contribution in [2.75, 3.05) is 0 Å². The summed E-state index contributed by atoms with van der Waals surface area (Å²) in [5.41, 5.74) is 6.18. The second kappa shape index (κ2) is 6.14. The van der Waals surface area contributed by atoms with Crippen molar-refractivity contribution < 1.29 is 4.79 Å². The van der Waals surface area contributed by atoms with Gasteiger partial charge in [0.25, 0.3) is 0 Å². The molecule has 0 aliphatic rings. The topological polar surface area (TPSA) is 60.9 Å². The number of nitrogens with zero attached hydrogens (tertiary/aromatic N) is 2. The van der Waals surface area contributed by atoms with Gasteiger partial charge in [0.1, 0.15) is 11.6 Å². The molecule has 1 unspecified atom stereocenters. The quantitative estimate of drug-likeness (QED) is 0.843. The zero-order chi connectivity index (χ0) is 13.8. The summed E-state index contributed by atoms with van der Waals surface area (Å²) in [5.74, 6) is 1.01. The fourth-order valence-corrected chi connectivity index (χ4v) is 2.19. The average Bonchev–Trinajstić information content (AvgIpc) is 2.61. The van der Waals surface area contributed by atoms with Crippen molar-refractivity contribution in [2.45, 2.75) is 59.5 Å². The molecule has 1 heterocycles. The van der Waals surface area contributed by atoms with Crippen LogP contribution in [0.3, 0.4) is 0 Å². The molecule has 0 aromatic carbocycles. The molecule has 102 valence electrons. The SMILES string of the molecule is CCn1ccnc1CC(=O)CC(N)CC(C)(C)C. The first-order chi connectivity index (χ1) is 8.31. The van der Waals surface area contributed by atoms with E-state index in [2.05, 4.69) is 25.8 Å². The molecular formula is C14H25N3O. The number of hydrogen-bond donors (Lipinski definition) is 1. The number of rotatable bonds is 6. The molecule has 1 atom stereocenters. The van der Waals surface area contributed by atoms with Crippen molar-refractivity contribution in [1.29, 1.82) is 0 Å². The summed E-state index contributed by atoms with van der Waals surface area (Å²) in [7, 11) is 0. The Morgan fingerprint density at radius 3 is 2.72 bits per heavy atom. The number of nitrogens with two attached hydrogens (primary N) is 1. The molecule has 1 aromatic heterocycles. The van der Waals surface area contributed by atoms with Crippen molar-refractivity contribution in [3.05, 3.63) is 18.2 Å². The second-order valence-electron chi connectivity index (χ2n) is 6.07. The minimum atomic E-state index is -0.0532. The summed E-state index contributed by atoms with van der Waals surface area (Å²) in [5, 5.41) is 0. The lowest BCUT2D eigenvalue weighted by molar-refractivity contribution is -0.119. The lowest BCUT2D eigenvalue weighted by atomic mass is 9.86. The molecule has 1 aromatic rings. The van der Waals surface area contributed by atoms with Gasteiger partial charge in [0, 0.05) is 31.4 Å². The summed E-state index contributed by atoms with van der Waals surface area (Å²) < 4.78 is 1.99. The Morgan fingerprint density at radius 1 is 1.50 bits per heavy atom. The number of carbonyl (C=O) groups is 1. The molecule has 0 saturated heterocycles. The van der Waals surface area contributed by atoms with Crippen LogP contribution in [0, 0.1) is 5.41 Å². The van der Waals surface area contributed by atoms with Gasteiger partial charge >= 0.3 is 0 Å². The van der Waals surface area contributed by atoms with Crippen LogP contribution in [0.5, 0.6) is 0 Å². The maximum absolute atomic E-state index is 11.9. The Bertz CT molecular complexity index is 390. The number of hydrogen-bond acceptors (Lipinski definition) is 3. The fourth-order valence-electron chi connectivity index (χ4n) is 2.19. The molecule has 4 heteroatoms. The van der Waals surface area contributed by atoms with Crippen molar-refractivity contribution in [2.24, 2.45) is 11.1 Å². The predicted octanol–water partition coefficient (Wildman–Crippen LogP) is 2.17. The van der Waals surface area contributed by atoms with Crippen LogP contribution in [0.1, 0.15) is 46.4 Å². The second-order valence-corrected chi connectivity index (χ2v) is 6.07. The molecule has 0 saturated carbocycles. The van der Waals surface area contributed by atoms with Crippen LogP contribution in [0.25, 0.3) is 0 Å². The monoisotopic (exact) mass is 251 g/mol. The maximum atomic E-state index is 11.9. The van der Waals surface area contributed by atoms with Gasteiger partial charge in [0.2, 0.25) is 0 Å². The Labute approximate surface area is 110 Å². The van der Waals surface area contributed by atoms with Crippen LogP contribution in [-0.2, 0) is 17.8 Å². The Hall–Kier alpha value is -1.16. The maximum Gasteiger partial charge on any atom is 0.141 e. The lowest BCUT2D eigenvalue weighted by Gasteiger charge is -2.22. The smallest absolute Gasteiger partial charge is 0.141 e. The Morgan fingerprint density at radius 2 is 2.17 bits per heavy atom. The van der Waals surface area contributed by atoms with Crippen LogP contribution in [-0.4, -0.2) is 21.4 Å². The minimum absolute atomic E-state index is 0.0532. The molecule has 18 heavy (non-hydrogen) atoms. The van der Waals surface area contributed by atoms with Crippen LogP contribution in [0.15, 0.2) is 12.4 Å². The Balaban J connectivity index is 2.47. The molecule has 0 fully saturated rings. The van der Waals surface area contributed by atoms with Crippen molar-refractivity contribution in [3.63, 3.8) is 0 Å². The zero-order valence-corrected chi connectivity index (χ0v) is 11.9. The predicted molar refractivity (Wildman–Crippen MR) is 73.3 cm³/mol. The van der Waals surface area contributed by atoms with Crippen LogP contribution in [0.2, 0.25) is 0 Å². The van der Waals surface area contributed by atoms with Crippen molar-refractivity contribution in [3.8, 4) is 0 Å². The van der Waals surface area contributed by atoms with E-state index in [-0.39, 0.29) is 17.2 Å². The van der Waals surface area contributed by atoms with Crippen LogP contribution < -0.4 is 5.73 Å². The highest BCUT2D eigenvalue weighted by molar-refractivity contribution is 5.80. The van der Waals surface area contributed by atoms with E-state index in [0.29, 0.717) is 12.8 Å². The molecule has 0 amide bonds. The molecule has 0 aliphatic heterocycles. The highest BCUT2D eigenvalue weighted by Crippen LogP contribution is 2.21. The summed E-state index contributed by atoms with van der Waals surface area (Å²) in [6, 6.07) is -0.0532.